The van der Waals surface area contributed by atoms with Crippen LogP contribution in [-0.2, 0) is 29.6 Å². The van der Waals surface area contributed by atoms with Crippen LogP contribution in [0.15, 0.2) is 59.0 Å². The monoisotopic (exact) mass is 444 g/mol. The molecule has 1 N–H and O–H groups in total. The molecule has 7 nitrogen and oxygen atoms in total. The Morgan fingerprint density at radius 2 is 1.94 bits per heavy atom. The number of rotatable bonds is 6. The highest BCUT2D eigenvalue weighted by molar-refractivity contribution is 7.88. The second-order valence-corrected chi connectivity index (χ2v) is 9.23. The Hall–Kier alpha value is -3.17. The van der Waals surface area contributed by atoms with E-state index in [-0.39, 0.29) is 24.7 Å². The number of furan rings is 1. The van der Waals surface area contributed by atoms with Gasteiger partial charge in [-0.05, 0) is 60.0 Å². The lowest BCUT2D eigenvalue weighted by molar-refractivity contribution is 0.0992. The van der Waals surface area contributed by atoms with E-state index in [1.54, 1.807) is 24.3 Å². The average molecular weight is 444 g/mol. The minimum absolute atomic E-state index is 0.0982. The molecule has 0 saturated carbocycles. The van der Waals surface area contributed by atoms with Crippen LogP contribution in [0.1, 0.15) is 27.4 Å². The fraction of sp³-hybridized carbons (Fsp3) is 0.227. The first kappa shape index (κ1) is 21.1. The van der Waals surface area contributed by atoms with E-state index in [0.717, 1.165) is 11.1 Å². The summed E-state index contributed by atoms with van der Waals surface area (Å²) < 4.78 is 49.1. The molecule has 0 atom stereocenters. The normalized spacial score (nSPS) is 14.1. The van der Waals surface area contributed by atoms with E-state index in [1.165, 1.54) is 34.8 Å². The number of ether oxygens (including phenoxy) is 1. The predicted molar refractivity (Wildman–Crippen MR) is 113 cm³/mol. The molecule has 4 rings (SSSR count). The first-order chi connectivity index (χ1) is 14.8. The second-order valence-electron chi connectivity index (χ2n) is 7.25. The van der Waals surface area contributed by atoms with Gasteiger partial charge in [0.2, 0.25) is 10.0 Å². The Labute approximate surface area is 179 Å². The highest BCUT2D eigenvalue weighted by Gasteiger charge is 2.25. The van der Waals surface area contributed by atoms with Crippen LogP contribution in [0.25, 0.3) is 0 Å². The number of nitrogens with one attached hydrogen (secondary N) is 1. The molecular formula is C22H21FN2O5S. The average Bonchev–Trinajstić information content (AvgIpc) is 3.22. The molecule has 3 aromatic rings. The molecule has 1 aliphatic heterocycles. The van der Waals surface area contributed by atoms with Gasteiger partial charge in [-0.1, -0.05) is 12.1 Å². The Morgan fingerprint density at radius 3 is 2.68 bits per heavy atom. The number of nitrogens with zero attached hydrogens (tertiary/aromatic N) is 1. The number of carbonyl (C=O) groups excluding carboxylic acids is 1. The SMILES string of the molecule is CS(=O)(=O)N1CCc2c(cccc2NC(=O)c2ccc(COc3ccc(F)cc3)o2)C1. The zero-order valence-corrected chi connectivity index (χ0v) is 17.6. The number of fused-ring (bicyclic) bond motifs is 1. The largest absolute Gasteiger partial charge is 0.486 e. The number of halogens is 1. The molecule has 162 valence electrons. The van der Waals surface area contributed by atoms with Crippen molar-refractivity contribution in [2.45, 2.75) is 19.6 Å². The van der Waals surface area contributed by atoms with Gasteiger partial charge in [0.15, 0.2) is 5.76 Å². The maximum absolute atomic E-state index is 13.0. The first-order valence-corrected chi connectivity index (χ1v) is 11.5. The van der Waals surface area contributed by atoms with Crippen molar-refractivity contribution >= 4 is 21.6 Å². The number of anilines is 1. The summed E-state index contributed by atoms with van der Waals surface area (Å²) in [5.41, 5.74) is 2.42. The molecule has 0 spiro atoms. The van der Waals surface area contributed by atoms with E-state index in [4.69, 9.17) is 9.15 Å². The van der Waals surface area contributed by atoms with Crippen LogP contribution in [0.3, 0.4) is 0 Å². The Morgan fingerprint density at radius 1 is 1.16 bits per heavy atom. The van der Waals surface area contributed by atoms with E-state index >= 15 is 0 Å². The molecule has 0 saturated heterocycles. The van der Waals surface area contributed by atoms with Crippen molar-refractivity contribution in [3.8, 4) is 5.75 Å². The number of carbonyl (C=O) groups is 1. The molecule has 0 bridgehead atoms. The predicted octanol–water partition coefficient (Wildman–Crippen LogP) is 3.57. The van der Waals surface area contributed by atoms with Gasteiger partial charge in [0.05, 0.1) is 6.26 Å². The molecule has 0 unspecified atom stereocenters. The minimum atomic E-state index is -3.27. The van der Waals surface area contributed by atoms with Gasteiger partial charge < -0.3 is 14.5 Å². The van der Waals surface area contributed by atoms with E-state index in [9.17, 15) is 17.6 Å². The smallest absolute Gasteiger partial charge is 0.291 e. The third-order valence-electron chi connectivity index (χ3n) is 5.03. The van der Waals surface area contributed by atoms with Crippen LogP contribution in [-0.4, -0.2) is 31.4 Å². The molecule has 0 radical (unpaired) electrons. The summed E-state index contributed by atoms with van der Waals surface area (Å²) in [5, 5.41) is 2.85. The Balaban J connectivity index is 1.42. The van der Waals surface area contributed by atoms with Gasteiger partial charge >= 0.3 is 0 Å². The van der Waals surface area contributed by atoms with E-state index in [0.29, 0.717) is 30.2 Å². The molecule has 0 aliphatic carbocycles. The summed E-state index contributed by atoms with van der Waals surface area (Å²) in [6, 6.07) is 14.2. The maximum atomic E-state index is 13.0. The van der Waals surface area contributed by atoms with Gasteiger partial charge in [0.1, 0.15) is 23.9 Å². The molecule has 1 aliphatic rings. The lowest BCUT2D eigenvalue weighted by Crippen LogP contribution is -2.35. The van der Waals surface area contributed by atoms with Crippen molar-refractivity contribution in [2.24, 2.45) is 0 Å². The van der Waals surface area contributed by atoms with Crippen molar-refractivity contribution in [3.63, 3.8) is 0 Å². The zero-order valence-electron chi connectivity index (χ0n) is 16.8. The lowest BCUT2D eigenvalue weighted by Gasteiger charge is -2.28. The summed E-state index contributed by atoms with van der Waals surface area (Å²) >= 11 is 0. The van der Waals surface area contributed by atoms with Crippen LogP contribution in [0.5, 0.6) is 5.75 Å². The Kier molecular flexibility index (Phi) is 5.79. The quantitative estimate of drug-likeness (QED) is 0.628. The van der Waals surface area contributed by atoms with Crippen molar-refractivity contribution < 1.29 is 26.8 Å². The van der Waals surface area contributed by atoms with Gasteiger partial charge in [-0.2, -0.15) is 4.31 Å². The molecule has 0 fully saturated rings. The van der Waals surface area contributed by atoms with Crippen molar-refractivity contribution in [1.29, 1.82) is 0 Å². The van der Waals surface area contributed by atoms with Crippen LogP contribution < -0.4 is 10.1 Å². The summed E-state index contributed by atoms with van der Waals surface area (Å²) in [6.45, 7) is 0.745. The lowest BCUT2D eigenvalue weighted by atomic mass is 9.99. The maximum Gasteiger partial charge on any atom is 0.291 e. The third kappa shape index (κ3) is 4.95. The number of sulfonamides is 1. The standard InChI is InChI=1S/C22H21FN2O5S/c1-31(27,28)25-12-11-19-15(13-25)3-2-4-20(19)24-22(26)21-10-9-18(30-21)14-29-17-7-5-16(23)6-8-17/h2-10H,11-14H2,1H3,(H,24,26). The Bertz CT molecular complexity index is 1200. The fourth-order valence-corrected chi connectivity index (χ4v) is 4.23. The van der Waals surface area contributed by atoms with Crippen LogP contribution in [0.2, 0.25) is 0 Å². The number of hydrogen-bond acceptors (Lipinski definition) is 5. The highest BCUT2D eigenvalue weighted by Crippen LogP contribution is 2.28. The summed E-state index contributed by atoms with van der Waals surface area (Å²) in [7, 11) is -3.27. The van der Waals surface area contributed by atoms with E-state index in [2.05, 4.69) is 5.32 Å². The van der Waals surface area contributed by atoms with Gasteiger partial charge in [-0.3, -0.25) is 4.79 Å². The highest BCUT2D eigenvalue weighted by atomic mass is 32.2. The summed E-state index contributed by atoms with van der Waals surface area (Å²) in [4.78, 5) is 12.7. The molecule has 31 heavy (non-hydrogen) atoms. The summed E-state index contributed by atoms with van der Waals surface area (Å²) in [5.74, 6) is 0.309. The fourth-order valence-electron chi connectivity index (χ4n) is 3.43. The van der Waals surface area contributed by atoms with Crippen LogP contribution >= 0.6 is 0 Å². The van der Waals surface area contributed by atoms with Crippen molar-refractivity contribution in [1.82, 2.24) is 4.31 Å². The number of amides is 1. The topological polar surface area (TPSA) is 88.9 Å². The van der Waals surface area contributed by atoms with E-state index < -0.39 is 15.9 Å². The number of benzene rings is 2. The molecule has 2 aromatic carbocycles. The first-order valence-electron chi connectivity index (χ1n) is 9.64. The van der Waals surface area contributed by atoms with Gasteiger partial charge in [0.25, 0.3) is 5.91 Å². The van der Waals surface area contributed by atoms with Crippen molar-refractivity contribution in [3.05, 3.63) is 83.1 Å². The molecule has 1 amide bonds. The third-order valence-corrected chi connectivity index (χ3v) is 6.28. The molecule has 9 heteroatoms. The van der Waals surface area contributed by atoms with Gasteiger partial charge in [-0.15, -0.1) is 0 Å². The van der Waals surface area contributed by atoms with Crippen molar-refractivity contribution in [2.75, 3.05) is 18.1 Å². The summed E-state index contributed by atoms with van der Waals surface area (Å²) in [6.07, 6.45) is 1.70. The van der Waals surface area contributed by atoms with Gasteiger partial charge in [0, 0.05) is 18.8 Å². The molecule has 1 aromatic heterocycles. The molecular weight excluding hydrogens is 423 g/mol. The second kappa shape index (κ2) is 8.52. The molecule has 2 heterocycles. The zero-order chi connectivity index (χ0) is 22.0. The minimum Gasteiger partial charge on any atom is -0.486 e. The van der Waals surface area contributed by atoms with E-state index in [1.807, 2.05) is 6.07 Å². The number of hydrogen-bond donors (Lipinski definition) is 1. The van der Waals surface area contributed by atoms with Crippen LogP contribution in [0, 0.1) is 5.82 Å². The van der Waals surface area contributed by atoms with Gasteiger partial charge in [-0.25, -0.2) is 12.8 Å². The van der Waals surface area contributed by atoms with Crippen LogP contribution in [0.4, 0.5) is 10.1 Å².